The van der Waals surface area contributed by atoms with E-state index >= 15 is 0 Å². The number of anilines is 1. The number of amides is 2. The third-order valence-corrected chi connectivity index (χ3v) is 3.90. The molecule has 9 heteroatoms. The Morgan fingerprint density at radius 3 is 2.41 bits per heavy atom. The van der Waals surface area contributed by atoms with Crippen molar-refractivity contribution in [1.29, 1.82) is 0 Å². The summed E-state index contributed by atoms with van der Waals surface area (Å²) in [6.45, 7) is 0. The van der Waals surface area contributed by atoms with Crippen molar-refractivity contribution in [3.63, 3.8) is 0 Å². The molecule has 1 heterocycles. The Morgan fingerprint density at radius 1 is 1.11 bits per heavy atom. The van der Waals surface area contributed by atoms with Crippen LogP contribution in [0, 0.1) is 10.1 Å². The summed E-state index contributed by atoms with van der Waals surface area (Å²) >= 11 is 0. The van der Waals surface area contributed by atoms with Crippen LogP contribution < -0.4 is 19.9 Å². The molecule has 1 saturated heterocycles. The van der Waals surface area contributed by atoms with Crippen LogP contribution in [0.5, 0.6) is 11.5 Å². The van der Waals surface area contributed by atoms with E-state index in [4.69, 9.17) is 9.47 Å². The van der Waals surface area contributed by atoms with Crippen molar-refractivity contribution in [2.24, 2.45) is 0 Å². The van der Waals surface area contributed by atoms with Gasteiger partial charge in [-0.15, -0.1) is 0 Å². The van der Waals surface area contributed by atoms with Gasteiger partial charge in [0.25, 0.3) is 11.8 Å². The number of para-hydroxylation sites is 1. The number of nitro groups is 1. The van der Waals surface area contributed by atoms with Crippen LogP contribution in [-0.4, -0.2) is 31.0 Å². The molecule has 0 spiro atoms. The van der Waals surface area contributed by atoms with Crippen molar-refractivity contribution in [2.75, 3.05) is 19.2 Å². The lowest BCUT2D eigenvalue weighted by Gasteiger charge is -2.13. The SMILES string of the molecule is COc1cc(C=C2C(=O)NN(c3ccccc3)C2=O)cc([N+](=O)[O-])c1OC. The minimum Gasteiger partial charge on any atom is -0.493 e. The standard InChI is InChI=1S/C18H15N3O6/c1-26-15-10-11(9-14(21(24)25)16(15)27-2)8-13-17(22)19-20(18(13)23)12-6-4-3-5-7-12/h3-10H,1-2H3,(H,19,22). The molecule has 1 fully saturated rings. The maximum atomic E-state index is 12.6. The van der Waals surface area contributed by atoms with Gasteiger partial charge in [-0.25, -0.2) is 5.01 Å². The van der Waals surface area contributed by atoms with Crippen molar-refractivity contribution in [2.45, 2.75) is 0 Å². The molecule has 0 atom stereocenters. The zero-order valence-electron chi connectivity index (χ0n) is 14.5. The fourth-order valence-electron chi connectivity index (χ4n) is 2.67. The van der Waals surface area contributed by atoms with Crippen LogP contribution in [-0.2, 0) is 9.59 Å². The zero-order chi connectivity index (χ0) is 19.6. The molecule has 2 amide bonds. The monoisotopic (exact) mass is 369 g/mol. The number of benzene rings is 2. The Hall–Kier alpha value is -3.88. The van der Waals surface area contributed by atoms with E-state index in [1.165, 1.54) is 32.4 Å². The maximum Gasteiger partial charge on any atom is 0.315 e. The quantitative estimate of drug-likeness (QED) is 0.374. The van der Waals surface area contributed by atoms with Crippen molar-refractivity contribution in [3.05, 3.63) is 63.7 Å². The van der Waals surface area contributed by atoms with Gasteiger partial charge < -0.3 is 9.47 Å². The first-order valence-corrected chi connectivity index (χ1v) is 7.79. The highest BCUT2D eigenvalue weighted by atomic mass is 16.6. The molecular formula is C18H15N3O6. The summed E-state index contributed by atoms with van der Waals surface area (Å²) in [5.74, 6) is -1.10. The molecule has 0 radical (unpaired) electrons. The van der Waals surface area contributed by atoms with E-state index < -0.39 is 16.7 Å². The number of hydrazine groups is 1. The van der Waals surface area contributed by atoms with Crippen molar-refractivity contribution < 1.29 is 24.0 Å². The van der Waals surface area contributed by atoms with Crippen LogP contribution in [0.15, 0.2) is 48.0 Å². The lowest BCUT2D eigenvalue weighted by Crippen LogP contribution is -2.35. The van der Waals surface area contributed by atoms with Gasteiger partial charge in [-0.2, -0.15) is 0 Å². The Balaban J connectivity index is 2.04. The Morgan fingerprint density at radius 2 is 1.81 bits per heavy atom. The van der Waals surface area contributed by atoms with Gasteiger partial charge in [0.2, 0.25) is 5.75 Å². The van der Waals surface area contributed by atoms with E-state index in [0.29, 0.717) is 5.69 Å². The van der Waals surface area contributed by atoms with Crippen LogP contribution in [0.3, 0.4) is 0 Å². The number of ether oxygens (including phenoxy) is 2. The summed E-state index contributed by atoms with van der Waals surface area (Å²) in [6.07, 6.45) is 1.27. The minimum absolute atomic E-state index is 0.0437. The molecule has 3 rings (SSSR count). The lowest BCUT2D eigenvalue weighted by molar-refractivity contribution is -0.385. The second-order valence-electron chi connectivity index (χ2n) is 5.51. The van der Waals surface area contributed by atoms with E-state index in [2.05, 4.69) is 5.43 Å². The average molecular weight is 369 g/mol. The smallest absolute Gasteiger partial charge is 0.315 e. The molecule has 0 saturated carbocycles. The maximum absolute atomic E-state index is 12.6. The molecule has 27 heavy (non-hydrogen) atoms. The van der Waals surface area contributed by atoms with Crippen molar-refractivity contribution >= 4 is 29.3 Å². The van der Waals surface area contributed by atoms with E-state index in [-0.39, 0.29) is 28.3 Å². The number of carbonyl (C=O) groups excluding carboxylic acids is 2. The molecule has 0 bridgehead atoms. The summed E-state index contributed by atoms with van der Waals surface area (Å²) in [6, 6.07) is 11.2. The highest BCUT2D eigenvalue weighted by Gasteiger charge is 2.34. The van der Waals surface area contributed by atoms with Gasteiger partial charge in [0.15, 0.2) is 5.75 Å². The Bertz CT molecular complexity index is 955. The third kappa shape index (κ3) is 3.30. The van der Waals surface area contributed by atoms with Crippen LogP contribution in [0.2, 0.25) is 0 Å². The normalized spacial score (nSPS) is 15.0. The van der Waals surface area contributed by atoms with Crippen LogP contribution in [0.25, 0.3) is 6.08 Å². The number of carbonyl (C=O) groups is 2. The fourth-order valence-corrected chi connectivity index (χ4v) is 2.67. The van der Waals surface area contributed by atoms with Crippen molar-refractivity contribution in [3.8, 4) is 11.5 Å². The van der Waals surface area contributed by atoms with Gasteiger partial charge in [-0.05, 0) is 29.8 Å². The van der Waals surface area contributed by atoms with Gasteiger partial charge in [-0.3, -0.25) is 25.1 Å². The second-order valence-corrected chi connectivity index (χ2v) is 5.51. The summed E-state index contributed by atoms with van der Waals surface area (Å²) in [7, 11) is 2.62. The number of nitrogens with one attached hydrogen (secondary N) is 1. The molecule has 2 aromatic rings. The highest BCUT2D eigenvalue weighted by molar-refractivity contribution is 6.31. The first-order chi connectivity index (χ1) is 13.0. The largest absolute Gasteiger partial charge is 0.493 e. The molecule has 1 N–H and O–H groups in total. The number of nitrogens with zero attached hydrogens (tertiary/aromatic N) is 2. The predicted molar refractivity (Wildman–Crippen MR) is 96.2 cm³/mol. The number of rotatable bonds is 5. The number of hydrogen-bond donors (Lipinski definition) is 1. The second kappa shape index (κ2) is 7.16. The lowest BCUT2D eigenvalue weighted by atomic mass is 10.1. The van der Waals surface area contributed by atoms with E-state index in [9.17, 15) is 19.7 Å². The first-order valence-electron chi connectivity index (χ1n) is 7.79. The first kappa shape index (κ1) is 17.9. The molecule has 1 aliphatic heterocycles. The number of methoxy groups -OCH3 is 2. The van der Waals surface area contributed by atoms with Gasteiger partial charge in [-0.1, -0.05) is 18.2 Å². The number of hydrogen-bond acceptors (Lipinski definition) is 6. The summed E-state index contributed by atoms with van der Waals surface area (Å²) in [4.78, 5) is 35.5. The van der Waals surface area contributed by atoms with Crippen LogP contribution >= 0.6 is 0 Å². The van der Waals surface area contributed by atoms with Crippen molar-refractivity contribution in [1.82, 2.24) is 5.43 Å². The molecule has 1 aliphatic rings. The van der Waals surface area contributed by atoms with E-state index in [0.717, 1.165) is 5.01 Å². The molecule has 0 aromatic heterocycles. The highest BCUT2D eigenvalue weighted by Crippen LogP contribution is 2.38. The summed E-state index contributed by atoms with van der Waals surface area (Å²) < 4.78 is 10.2. The topological polar surface area (TPSA) is 111 Å². The van der Waals surface area contributed by atoms with Gasteiger partial charge >= 0.3 is 5.69 Å². The molecule has 9 nitrogen and oxygen atoms in total. The molecule has 2 aromatic carbocycles. The average Bonchev–Trinajstić information content (AvgIpc) is 2.96. The molecule has 138 valence electrons. The third-order valence-electron chi connectivity index (χ3n) is 3.90. The van der Waals surface area contributed by atoms with Crippen LogP contribution in [0.1, 0.15) is 5.56 Å². The van der Waals surface area contributed by atoms with E-state index in [1.807, 2.05) is 0 Å². The molecule has 0 unspecified atom stereocenters. The Kier molecular flexibility index (Phi) is 4.75. The zero-order valence-corrected chi connectivity index (χ0v) is 14.5. The molecule has 0 aliphatic carbocycles. The van der Waals surface area contributed by atoms with Gasteiger partial charge in [0.1, 0.15) is 5.57 Å². The fraction of sp³-hybridized carbons (Fsp3) is 0.111. The van der Waals surface area contributed by atoms with Gasteiger partial charge in [0, 0.05) is 6.07 Å². The van der Waals surface area contributed by atoms with E-state index in [1.54, 1.807) is 30.3 Å². The molecular weight excluding hydrogens is 354 g/mol. The van der Waals surface area contributed by atoms with Crippen LogP contribution in [0.4, 0.5) is 11.4 Å². The predicted octanol–water partition coefficient (Wildman–Crippen LogP) is 2.07. The number of nitro benzene ring substituents is 1. The van der Waals surface area contributed by atoms with Gasteiger partial charge in [0.05, 0.1) is 24.8 Å². The minimum atomic E-state index is -0.629. The summed E-state index contributed by atoms with van der Waals surface area (Å²) in [5.41, 5.74) is 2.73. The summed E-state index contributed by atoms with van der Waals surface area (Å²) in [5, 5.41) is 12.4. The Labute approximate surface area is 153 Å².